The number of aromatic hydroxyl groups is 2. The molecule has 0 aromatic heterocycles. The van der Waals surface area contributed by atoms with Crippen molar-refractivity contribution in [3.8, 4) is 11.5 Å². The van der Waals surface area contributed by atoms with E-state index in [1.165, 1.54) is 24.3 Å². The second kappa shape index (κ2) is 7.73. The number of phenolic OH excluding ortho intramolecular Hbond substituents is 2. The quantitative estimate of drug-likeness (QED) is 0.267. The topological polar surface area (TPSA) is 154 Å². The molecule has 1 fully saturated rings. The van der Waals surface area contributed by atoms with Crippen LogP contribution in [0.5, 0.6) is 11.5 Å². The molecular weight excluding hydrogens is 348 g/mol. The van der Waals surface area contributed by atoms with Crippen LogP contribution in [0.2, 0.25) is 0 Å². The highest BCUT2D eigenvalue weighted by Gasteiger charge is 2.50. The van der Waals surface area contributed by atoms with Crippen molar-refractivity contribution >= 4 is 18.0 Å². The standard InChI is InChI=1S/C17H20O9/c1-25-16(23)17(24)7-12(20)15(13(21)8-17)26-14(22)5-3-9-2-4-10(18)11(19)6-9/h2-6,12-13,15,18-21,24H,7-8H2,1H3/b5-3+. The summed E-state index contributed by atoms with van der Waals surface area (Å²) in [4.78, 5) is 23.4. The van der Waals surface area contributed by atoms with Crippen molar-refractivity contribution in [3.05, 3.63) is 29.8 Å². The summed E-state index contributed by atoms with van der Waals surface area (Å²) in [6, 6.07) is 3.90. The number of aliphatic hydroxyl groups excluding tert-OH is 2. The number of ether oxygens (including phenoxy) is 2. The fourth-order valence-corrected chi connectivity index (χ4v) is 2.76. The number of carbonyl (C=O) groups is 2. The van der Waals surface area contributed by atoms with E-state index in [-0.39, 0.29) is 11.5 Å². The Morgan fingerprint density at radius 1 is 1.15 bits per heavy atom. The molecule has 9 heteroatoms. The Bertz CT molecular complexity index is 700. The summed E-state index contributed by atoms with van der Waals surface area (Å²) < 4.78 is 9.44. The van der Waals surface area contributed by atoms with Crippen molar-refractivity contribution in [2.24, 2.45) is 0 Å². The van der Waals surface area contributed by atoms with E-state index < -0.39 is 48.7 Å². The molecule has 142 valence electrons. The Kier molecular flexibility index (Phi) is 5.86. The summed E-state index contributed by atoms with van der Waals surface area (Å²) in [6.07, 6.45) is -2.88. The van der Waals surface area contributed by atoms with Gasteiger partial charge in [0, 0.05) is 18.9 Å². The van der Waals surface area contributed by atoms with Gasteiger partial charge in [-0.25, -0.2) is 9.59 Å². The lowest BCUT2D eigenvalue weighted by atomic mass is 9.79. The number of rotatable bonds is 4. The monoisotopic (exact) mass is 368 g/mol. The molecule has 26 heavy (non-hydrogen) atoms. The molecule has 0 radical (unpaired) electrons. The van der Waals surface area contributed by atoms with E-state index in [9.17, 15) is 35.1 Å². The smallest absolute Gasteiger partial charge is 0.338 e. The van der Waals surface area contributed by atoms with Gasteiger partial charge in [-0.2, -0.15) is 0 Å². The van der Waals surface area contributed by atoms with Gasteiger partial charge in [0.1, 0.15) is 0 Å². The Morgan fingerprint density at radius 3 is 2.31 bits per heavy atom. The maximum absolute atomic E-state index is 11.9. The molecular formula is C17H20O9. The summed E-state index contributed by atoms with van der Waals surface area (Å²) >= 11 is 0. The van der Waals surface area contributed by atoms with Gasteiger partial charge in [-0.15, -0.1) is 0 Å². The normalized spacial score (nSPS) is 28.7. The zero-order valence-corrected chi connectivity index (χ0v) is 13.9. The van der Waals surface area contributed by atoms with Crippen molar-refractivity contribution in [2.75, 3.05) is 7.11 Å². The van der Waals surface area contributed by atoms with E-state index in [4.69, 9.17) is 4.74 Å². The molecule has 1 aliphatic rings. The molecule has 1 saturated carbocycles. The molecule has 9 nitrogen and oxygen atoms in total. The SMILES string of the molecule is COC(=O)C1(O)CC(O)C(OC(=O)/C=C/c2ccc(O)c(O)c2)C(O)C1. The highest BCUT2D eigenvalue weighted by atomic mass is 16.6. The van der Waals surface area contributed by atoms with Crippen molar-refractivity contribution in [1.29, 1.82) is 0 Å². The molecule has 0 saturated heterocycles. The van der Waals surface area contributed by atoms with Crippen LogP contribution in [0.15, 0.2) is 24.3 Å². The van der Waals surface area contributed by atoms with Crippen molar-refractivity contribution < 1.29 is 44.6 Å². The second-order valence-electron chi connectivity index (χ2n) is 6.05. The molecule has 0 heterocycles. The van der Waals surface area contributed by atoms with Gasteiger partial charge in [-0.1, -0.05) is 6.07 Å². The van der Waals surface area contributed by atoms with Gasteiger partial charge in [-0.3, -0.25) is 0 Å². The Labute approximate surface area is 148 Å². The first-order chi connectivity index (χ1) is 12.2. The Balaban J connectivity index is 2.01. The maximum Gasteiger partial charge on any atom is 0.338 e. The van der Waals surface area contributed by atoms with Crippen LogP contribution in [0.25, 0.3) is 6.08 Å². The highest BCUT2D eigenvalue weighted by molar-refractivity contribution is 5.87. The van der Waals surface area contributed by atoms with Gasteiger partial charge < -0.3 is 35.0 Å². The average Bonchev–Trinajstić information content (AvgIpc) is 2.58. The van der Waals surface area contributed by atoms with E-state index >= 15 is 0 Å². The van der Waals surface area contributed by atoms with Crippen LogP contribution in [0.1, 0.15) is 18.4 Å². The fourth-order valence-electron chi connectivity index (χ4n) is 2.76. The third-order valence-corrected chi connectivity index (χ3v) is 4.08. The second-order valence-corrected chi connectivity index (χ2v) is 6.05. The number of aliphatic hydroxyl groups is 3. The highest BCUT2D eigenvalue weighted by Crippen LogP contribution is 2.32. The van der Waals surface area contributed by atoms with Gasteiger partial charge in [0.15, 0.2) is 23.2 Å². The molecule has 0 bridgehead atoms. The number of esters is 2. The first-order valence-corrected chi connectivity index (χ1v) is 7.74. The van der Waals surface area contributed by atoms with Crippen LogP contribution in [0.3, 0.4) is 0 Å². The summed E-state index contributed by atoms with van der Waals surface area (Å²) in [5, 5.41) is 48.8. The van der Waals surface area contributed by atoms with Crippen molar-refractivity contribution in [2.45, 2.75) is 36.8 Å². The zero-order chi connectivity index (χ0) is 19.5. The number of phenols is 2. The summed E-state index contributed by atoms with van der Waals surface area (Å²) in [7, 11) is 1.07. The largest absolute Gasteiger partial charge is 0.504 e. The lowest BCUT2D eigenvalue weighted by molar-refractivity contribution is -0.198. The van der Waals surface area contributed by atoms with E-state index in [0.717, 1.165) is 13.2 Å². The molecule has 1 aromatic rings. The third-order valence-electron chi connectivity index (χ3n) is 4.08. The lowest BCUT2D eigenvalue weighted by Gasteiger charge is -2.39. The molecule has 1 aromatic carbocycles. The molecule has 2 rings (SSSR count). The average molecular weight is 368 g/mol. The molecule has 1 aliphatic carbocycles. The third kappa shape index (κ3) is 4.31. The molecule has 2 unspecified atom stereocenters. The van der Waals surface area contributed by atoms with Crippen LogP contribution in [-0.2, 0) is 19.1 Å². The van der Waals surface area contributed by atoms with Gasteiger partial charge in [0.05, 0.1) is 19.3 Å². The molecule has 5 N–H and O–H groups in total. The minimum Gasteiger partial charge on any atom is -0.504 e. The minimum absolute atomic E-state index is 0.309. The predicted octanol–water partition coefficient (Wildman–Crippen LogP) is -0.558. The first-order valence-electron chi connectivity index (χ1n) is 7.74. The van der Waals surface area contributed by atoms with Crippen LogP contribution in [-0.4, -0.2) is 68.5 Å². The maximum atomic E-state index is 11.9. The van der Waals surface area contributed by atoms with E-state index in [2.05, 4.69) is 4.74 Å². The van der Waals surface area contributed by atoms with E-state index in [1.807, 2.05) is 0 Å². The molecule has 2 atom stereocenters. The molecule has 0 spiro atoms. The molecule has 0 amide bonds. The summed E-state index contributed by atoms with van der Waals surface area (Å²) in [6.45, 7) is 0. The molecule has 0 aliphatic heterocycles. The number of benzene rings is 1. The first kappa shape index (κ1) is 19.7. The minimum atomic E-state index is -2.06. The van der Waals surface area contributed by atoms with Crippen molar-refractivity contribution in [3.63, 3.8) is 0 Å². The van der Waals surface area contributed by atoms with Crippen LogP contribution < -0.4 is 0 Å². The fraction of sp³-hybridized carbons (Fsp3) is 0.412. The van der Waals surface area contributed by atoms with Crippen molar-refractivity contribution in [1.82, 2.24) is 0 Å². The number of methoxy groups -OCH3 is 1. The predicted molar refractivity (Wildman–Crippen MR) is 86.9 cm³/mol. The van der Waals surface area contributed by atoms with Gasteiger partial charge in [0.2, 0.25) is 0 Å². The summed E-state index contributed by atoms with van der Waals surface area (Å²) in [5.74, 6) is -2.55. The Morgan fingerprint density at radius 2 is 1.77 bits per heavy atom. The zero-order valence-electron chi connectivity index (χ0n) is 13.9. The summed E-state index contributed by atoms with van der Waals surface area (Å²) in [5.41, 5.74) is -1.65. The lowest BCUT2D eigenvalue weighted by Crippen LogP contribution is -2.57. The number of hydrogen-bond donors (Lipinski definition) is 5. The van der Waals surface area contributed by atoms with Crippen LogP contribution >= 0.6 is 0 Å². The van der Waals surface area contributed by atoms with Gasteiger partial charge in [0.25, 0.3) is 0 Å². The van der Waals surface area contributed by atoms with Gasteiger partial charge >= 0.3 is 11.9 Å². The Hall–Kier alpha value is -2.62. The van der Waals surface area contributed by atoms with Crippen LogP contribution in [0.4, 0.5) is 0 Å². The van der Waals surface area contributed by atoms with Crippen LogP contribution in [0, 0.1) is 0 Å². The number of hydrogen-bond acceptors (Lipinski definition) is 9. The van der Waals surface area contributed by atoms with Gasteiger partial charge in [-0.05, 0) is 23.8 Å². The van der Waals surface area contributed by atoms with E-state index in [0.29, 0.717) is 5.56 Å². The van der Waals surface area contributed by atoms with E-state index in [1.54, 1.807) is 0 Å². The number of carbonyl (C=O) groups excluding carboxylic acids is 2.